The van der Waals surface area contributed by atoms with E-state index in [-0.39, 0.29) is 55.1 Å². The van der Waals surface area contributed by atoms with Crippen LogP contribution in [0.3, 0.4) is 0 Å². The number of aliphatic hydroxyl groups is 1. The summed E-state index contributed by atoms with van der Waals surface area (Å²) in [6.07, 6.45) is 28.8. The van der Waals surface area contributed by atoms with E-state index in [2.05, 4.69) is 39.6 Å². The van der Waals surface area contributed by atoms with Gasteiger partial charge in [-0.15, -0.1) is 0 Å². The summed E-state index contributed by atoms with van der Waals surface area (Å²) in [7, 11) is 1.78. The van der Waals surface area contributed by atoms with Gasteiger partial charge in [0.1, 0.15) is 18.2 Å². The Morgan fingerprint density at radius 3 is 2.25 bits per heavy atom. The zero-order valence-electron chi connectivity index (χ0n) is 36.0. The molecule has 0 aromatic rings. The highest BCUT2D eigenvalue weighted by Crippen LogP contribution is 2.35. The molecule has 1 fully saturated rings. The average Bonchev–Trinajstić information content (AvgIpc) is 3.15. The van der Waals surface area contributed by atoms with Crippen molar-refractivity contribution >= 4 is 30.7 Å². The summed E-state index contributed by atoms with van der Waals surface area (Å²) in [6.45, 7) is 13.5. The summed E-state index contributed by atoms with van der Waals surface area (Å²) < 4.78 is 11.3. The lowest BCUT2D eigenvalue weighted by Crippen LogP contribution is -2.42. The molecule has 0 bridgehead atoms. The summed E-state index contributed by atoms with van der Waals surface area (Å²) in [5.74, 6) is -0.0888. The van der Waals surface area contributed by atoms with Crippen molar-refractivity contribution in [2.24, 2.45) is 11.3 Å². The number of esters is 1. The minimum Gasteiger partial charge on any atom is -0.463 e. The lowest BCUT2D eigenvalue weighted by Gasteiger charge is -2.30. The molecule has 8 nitrogen and oxygen atoms in total. The molecule has 1 aliphatic heterocycles. The van der Waals surface area contributed by atoms with Crippen molar-refractivity contribution in [2.45, 2.75) is 219 Å². The molecule has 1 aliphatic rings. The number of allylic oxidation sites excluding steroid dienone is 2. The predicted molar refractivity (Wildman–Crippen MR) is 228 cm³/mol. The number of Topliss-reactive ketones (excluding diaryl/α,β-unsaturated/α-hetero) is 2. The van der Waals surface area contributed by atoms with E-state index in [1.165, 1.54) is 63.4 Å². The summed E-state index contributed by atoms with van der Waals surface area (Å²) >= 11 is 0. The van der Waals surface area contributed by atoms with Gasteiger partial charge < -0.3 is 24.7 Å². The fourth-order valence-corrected chi connectivity index (χ4v) is 8.18. The second-order valence-corrected chi connectivity index (χ2v) is 17.4. The third-order valence-corrected chi connectivity index (χ3v) is 11.6. The van der Waals surface area contributed by atoms with E-state index in [4.69, 9.17) is 9.47 Å². The van der Waals surface area contributed by atoms with Crippen LogP contribution < -0.4 is 5.32 Å². The number of rotatable bonds is 28. The number of methoxy groups -OCH3 is 1. The van der Waals surface area contributed by atoms with Crippen molar-refractivity contribution in [3.05, 3.63) is 24.3 Å². The average molecular weight is 772 g/mol. The number of carbonyl (C=O) groups excluding carboxylic acids is 4. The van der Waals surface area contributed by atoms with Crippen molar-refractivity contribution in [1.82, 2.24) is 5.32 Å². The Balaban J connectivity index is 2.53. The molecule has 0 saturated carbocycles. The van der Waals surface area contributed by atoms with Crippen LogP contribution in [0.2, 0.25) is 12.6 Å². The van der Waals surface area contributed by atoms with Crippen molar-refractivity contribution in [3.63, 3.8) is 0 Å². The zero-order chi connectivity index (χ0) is 40.7. The topological polar surface area (TPSA) is 119 Å². The molecule has 9 heteroatoms. The first-order valence-corrected chi connectivity index (χ1v) is 22.4. The van der Waals surface area contributed by atoms with Gasteiger partial charge in [0.05, 0.1) is 18.6 Å². The number of carbonyl (C=O) groups is 4. The normalized spacial score (nSPS) is 19.9. The number of hydrogen-bond donors (Lipinski definition) is 2. The largest absolute Gasteiger partial charge is 0.463 e. The number of nitrogens with one attached hydrogen (secondary N) is 1. The second-order valence-electron chi connectivity index (χ2n) is 17.4. The van der Waals surface area contributed by atoms with Crippen molar-refractivity contribution in [2.75, 3.05) is 13.7 Å². The van der Waals surface area contributed by atoms with Crippen LogP contribution in [-0.2, 0) is 28.7 Å². The molecule has 1 saturated heterocycles. The van der Waals surface area contributed by atoms with Gasteiger partial charge in [-0.2, -0.15) is 0 Å². The van der Waals surface area contributed by atoms with Crippen LogP contribution in [0.25, 0.3) is 0 Å². The molecule has 0 radical (unpaired) electrons. The van der Waals surface area contributed by atoms with Gasteiger partial charge in [-0.25, -0.2) is 0 Å². The van der Waals surface area contributed by atoms with E-state index in [9.17, 15) is 24.3 Å². The zero-order valence-corrected chi connectivity index (χ0v) is 36.0. The molecule has 0 aliphatic carbocycles. The number of amides is 1. The number of hydrogen-bond acceptors (Lipinski definition) is 7. The Hall–Kier alpha value is -2.26. The molecule has 55 heavy (non-hydrogen) atoms. The Bertz CT molecular complexity index is 1090. The molecule has 1 rings (SSSR count). The Morgan fingerprint density at radius 2 is 1.62 bits per heavy atom. The maximum Gasteiger partial charge on any atom is 0.306 e. The maximum atomic E-state index is 13.2. The molecule has 4 atom stereocenters. The minimum atomic E-state index is -0.983. The maximum absolute atomic E-state index is 13.2. The highest BCUT2D eigenvalue weighted by atomic mass is 16.5. The fraction of sp³-hybridized carbons (Fsp3) is 0.826. The van der Waals surface area contributed by atoms with Gasteiger partial charge in [0.25, 0.3) is 0 Å². The summed E-state index contributed by atoms with van der Waals surface area (Å²) in [5, 5.41) is 13.2. The van der Waals surface area contributed by atoms with Gasteiger partial charge in [-0.1, -0.05) is 142 Å². The van der Waals surface area contributed by atoms with Crippen molar-refractivity contribution < 1.29 is 33.8 Å². The number of aliphatic hydroxyl groups excluding tert-OH is 1. The summed E-state index contributed by atoms with van der Waals surface area (Å²) in [4.78, 5) is 49.9. The third kappa shape index (κ3) is 26.3. The number of unbranched alkanes of at least 4 members (excludes halogenated alkanes) is 12. The van der Waals surface area contributed by atoms with Crippen molar-refractivity contribution in [3.8, 4) is 0 Å². The van der Waals surface area contributed by atoms with Crippen LogP contribution in [0.15, 0.2) is 24.3 Å². The first-order valence-electron chi connectivity index (χ1n) is 22.4. The van der Waals surface area contributed by atoms with Crippen LogP contribution in [0.4, 0.5) is 0 Å². The third-order valence-electron chi connectivity index (χ3n) is 11.6. The monoisotopic (exact) mass is 772 g/mol. The van der Waals surface area contributed by atoms with Crippen LogP contribution >= 0.6 is 0 Å². The fourth-order valence-electron chi connectivity index (χ4n) is 8.18. The molecule has 2 N–H and O–H groups in total. The van der Waals surface area contributed by atoms with Gasteiger partial charge in [-0.05, 0) is 69.0 Å². The van der Waals surface area contributed by atoms with Gasteiger partial charge in [0.2, 0.25) is 6.41 Å². The molecule has 4 unspecified atom stereocenters. The molecule has 1 heterocycles. The first-order chi connectivity index (χ1) is 26.4. The summed E-state index contributed by atoms with van der Waals surface area (Å²) in [6, 6.07) is -0.663. The number of ketones is 2. The number of ether oxygens (including phenoxy) is 2. The Morgan fingerprint density at radius 1 is 0.964 bits per heavy atom. The molecule has 0 aromatic carbocycles. The predicted octanol–water partition coefficient (Wildman–Crippen LogP) is 10.8. The van der Waals surface area contributed by atoms with Gasteiger partial charge in [0.15, 0.2) is 6.71 Å². The minimum absolute atomic E-state index is 0.0101. The lowest BCUT2D eigenvalue weighted by atomic mass is 9.39. The van der Waals surface area contributed by atoms with Crippen LogP contribution in [0.1, 0.15) is 188 Å². The van der Waals surface area contributed by atoms with E-state index >= 15 is 0 Å². The molecule has 0 spiro atoms. The molecular weight excluding hydrogens is 689 g/mol. The Kier molecular flexibility index (Phi) is 29.3. The van der Waals surface area contributed by atoms with E-state index in [0.717, 1.165) is 76.9 Å². The van der Waals surface area contributed by atoms with Crippen LogP contribution in [-0.4, -0.2) is 67.6 Å². The molecule has 316 valence electrons. The van der Waals surface area contributed by atoms with Crippen molar-refractivity contribution in [1.29, 1.82) is 0 Å². The molecule has 1 amide bonds. The lowest BCUT2D eigenvalue weighted by molar-refractivity contribution is -0.146. The van der Waals surface area contributed by atoms with Crippen LogP contribution in [0, 0.1) is 11.3 Å². The second kappa shape index (κ2) is 31.8. The van der Waals surface area contributed by atoms with Crippen LogP contribution in [0.5, 0.6) is 0 Å². The van der Waals surface area contributed by atoms with E-state index < -0.39 is 18.1 Å². The standard InChI is InChI=1S/C46H82BNO7/c1-7-9-11-12-13-14-15-16-17-18-19-20-21-23-43(52)42(48-37-49)36-55-45(53)30-29-40(50)27-25-39-26-28-41(51)35-47(32-10-8-2)44(54-6)24-22-31-46(4,5)34-38(3)33-39/h21,23,37,39,42-44,52H,3,7-20,22,24-36H2,1-2,4-6H3,(H,48,49)/b23-21+. The molecular formula is C46H82BNO7. The van der Waals surface area contributed by atoms with Gasteiger partial charge in [-0.3, -0.25) is 14.4 Å². The highest BCUT2D eigenvalue weighted by molar-refractivity contribution is 6.63. The Labute approximate surface area is 337 Å². The highest BCUT2D eigenvalue weighted by Gasteiger charge is 2.30. The van der Waals surface area contributed by atoms with Gasteiger partial charge in [0, 0.05) is 32.4 Å². The van der Waals surface area contributed by atoms with E-state index in [1.807, 2.05) is 6.08 Å². The SMILES string of the molecule is C=C1CC(CCC(=O)CCC(=O)OCC(NC=O)C(O)/C=C/CCCCCCCCCCCCC)CCC(=O)CB(CCCC)C(OC)CCCC(C)(C)C1. The van der Waals surface area contributed by atoms with E-state index in [0.29, 0.717) is 32.0 Å². The molecule has 0 aromatic heterocycles. The smallest absolute Gasteiger partial charge is 0.306 e. The summed E-state index contributed by atoms with van der Waals surface area (Å²) in [5.41, 5.74) is 1.29. The van der Waals surface area contributed by atoms with Gasteiger partial charge >= 0.3 is 5.97 Å². The quantitative estimate of drug-likeness (QED) is 0.0267. The first kappa shape index (κ1) is 50.8. The van der Waals surface area contributed by atoms with E-state index in [1.54, 1.807) is 13.2 Å².